The molecule has 120 valence electrons. The molecule has 2 atom stereocenters. The highest BCUT2D eigenvalue weighted by molar-refractivity contribution is 4.83. The zero-order chi connectivity index (χ0) is 15.0. The van der Waals surface area contributed by atoms with E-state index < -0.39 is 0 Å². The Morgan fingerprint density at radius 1 is 1.35 bits per heavy atom. The number of aliphatic hydroxyl groups is 1. The standard InChI is InChI=1S/C16H35N3O/c1-5-17-16(2,14-20)10-6-7-11-19-12-8-9-15(19)13-18(3)4/h15,17,20H,5-14H2,1-4H3. The number of rotatable bonds is 10. The first-order valence-electron chi connectivity index (χ1n) is 8.25. The van der Waals surface area contributed by atoms with Gasteiger partial charge >= 0.3 is 0 Å². The van der Waals surface area contributed by atoms with Crippen molar-refractivity contribution in [1.82, 2.24) is 15.1 Å². The molecule has 1 aliphatic rings. The third-order valence-electron chi connectivity index (χ3n) is 4.45. The van der Waals surface area contributed by atoms with Gasteiger partial charge in [-0.15, -0.1) is 0 Å². The van der Waals surface area contributed by atoms with Crippen LogP contribution in [0.3, 0.4) is 0 Å². The molecule has 2 unspecified atom stereocenters. The molecule has 4 heteroatoms. The molecule has 0 saturated carbocycles. The molecule has 2 N–H and O–H groups in total. The van der Waals surface area contributed by atoms with Gasteiger partial charge in [-0.2, -0.15) is 0 Å². The minimum Gasteiger partial charge on any atom is -0.394 e. The number of nitrogens with zero attached hydrogens (tertiary/aromatic N) is 2. The summed E-state index contributed by atoms with van der Waals surface area (Å²) >= 11 is 0. The molecule has 4 nitrogen and oxygen atoms in total. The van der Waals surface area contributed by atoms with Gasteiger partial charge in [0, 0.05) is 18.1 Å². The summed E-state index contributed by atoms with van der Waals surface area (Å²) < 4.78 is 0. The van der Waals surface area contributed by atoms with E-state index in [0.29, 0.717) is 0 Å². The molecule has 0 amide bonds. The zero-order valence-corrected chi connectivity index (χ0v) is 14.0. The van der Waals surface area contributed by atoms with Crippen LogP contribution in [0.5, 0.6) is 0 Å². The maximum atomic E-state index is 9.49. The summed E-state index contributed by atoms with van der Waals surface area (Å²) in [6, 6.07) is 0.753. The number of likely N-dealkylation sites (N-methyl/N-ethyl adjacent to an activating group) is 2. The fourth-order valence-corrected chi connectivity index (χ4v) is 3.30. The van der Waals surface area contributed by atoms with Crippen molar-refractivity contribution in [1.29, 1.82) is 0 Å². The molecule has 0 bridgehead atoms. The second-order valence-corrected chi connectivity index (χ2v) is 6.80. The van der Waals surface area contributed by atoms with E-state index in [-0.39, 0.29) is 12.1 Å². The maximum absolute atomic E-state index is 9.49. The van der Waals surface area contributed by atoms with E-state index in [1.807, 2.05) is 0 Å². The van der Waals surface area contributed by atoms with Crippen LogP contribution in [-0.2, 0) is 0 Å². The molecule has 0 aromatic rings. The van der Waals surface area contributed by atoms with Crippen molar-refractivity contribution in [3.8, 4) is 0 Å². The van der Waals surface area contributed by atoms with E-state index in [2.05, 4.69) is 43.1 Å². The number of likely N-dealkylation sites (tertiary alicyclic amines) is 1. The number of nitrogens with one attached hydrogen (secondary N) is 1. The lowest BCUT2D eigenvalue weighted by Gasteiger charge is -2.30. The highest BCUT2D eigenvalue weighted by Crippen LogP contribution is 2.19. The summed E-state index contributed by atoms with van der Waals surface area (Å²) in [5.41, 5.74) is -0.0944. The normalized spacial score (nSPS) is 23.4. The quantitative estimate of drug-likeness (QED) is 0.597. The molecule has 0 aliphatic carbocycles. The summed E-state index contributed by atoms with van der Waals surface area (Å²) in [5.74, 6) is 0. The first kappa shape index (κ1) is 17.9. The molecule has 0 radical (unpaired) electrons. The summed E-state index contributed by atoms with van der Waals surface area (Å²) in [4.78, 5) is 4.96. The molecule has 0 spiro atoms. The van der Waals surface area contributed by atoms with Crippen LogP contribution < -0.4 is 5.32 Å². The Kier molecular flexibility index (Phi) is 8.03. The van der Waals surface area contributed by atoms with E-state index in [1.165, 1.54) is 45.3 Å². The lowest BCUT2D eigenvalue weighted by molar-refractivity contribution is 0.160. The molecule has 1 heterocycles. The lowest BCUT2D eigenvalue weighted by Crippen LogP contribution is -2.45. The first-order chi connectivity index (χ1) is 9.50. The van der Waals surface area contributed by atoms with Gasteiger partial charge in [0.15, 0.2) is 0 Å². The van der Waals surface area contributed by atoms with E-state index in [1.54, 1.807) is 0 Å². The van der Waals surface area contributed by atoms with Gasteiger partial charge in [-0.1, -0.05) is 13.3 Å². The van der Waals surface area contributed by atoms with Crippen molar-refractivity contribution >= 4 is 0 Å². The van der Waals surface area contributed by atoms with Crippen LogP contribution in [-0.4, -0.2) is 73.4 Å². The van der Waals surface area contributed by atoms with E-state index in [9.17, 15) is 5.11 Å². The predicted molar refractivity (Wildman–Crippen MR) is 86.2 cm³/mol. The van der Waals surface area contributed by atoms with Gasteiger partial charge in [0.1, 0.15) is 0 Å². The Balaban J connectivity index is 2.23. The zero-order valence-electron chi connectivity index (χ0n) is 14.0. The predicted octanol–water partition coefficient (Wildman–Crippen LogP) is 1.54. The van der Waals surface area contributed by atoms with Crippen molar-refractivity contribution in [3.63, 3.8) is 0 Å². The molecule has 0 aromatic heterocycles. The van der Waals surface area contributed by atoms with Crippen molar-refractivity contribution in [2.24, 2.45) is 0 Å². The van der Waals surface area contributed by atoms with Crippen LogP contribution >= 0.6 is 0 Å². The maximum Gasteiger partial charge on any atom is 0.0610 e. The smallest absolute Gasteiger partial charge is 0.0610 e. The lowest BCUT2D eigenvalue weighted by atomic mass is 9.95. The third-order valence-corrected chi connectivity index (χ3v) is 4.45. The molecule has 20 heavy (non-hydrogen) atoms. The highest BCUT2D eigenvalue weighted by Gasteiger charge is 2.25. The third kappa shape index (κ3) is 6.08. The molecular weight excluding hydrogens is 250 g/mol. The Hall–Kier alpha value is -0.160. The summed E-state index contributed by atoms with van der Waals surface area (Å²) in [6.45, 7) is 9.05. The van der Waals surface area contributed by atoms with Crippen LogP contribution in [0, 0.1) is 0 Å². The van der Waals surface area contributed by atoms with Crippen LogP contribution in [0.1, 0.15) is 46.0 Å². The van der Waals surface area contributed by atoms with Gasteiger partial charge in [-0.25, -0.2) is 0 Å². The Morgan fingerprint density at radius 3 is 2.70 bits per heavy atom. The minimum atomic E-state index is -0.0944. The Morgan fingerprint density at radius 2 is 2.10 bits per heavy atom. The minimum absolute atomic E-state index is 0.0944. The molecule has 0 aromatic carbocycles. The number of hydrogen-bond donors (Lipinski definition) is 2. The molecular formula is C16H35N3O. The van der Waals surface area contributed by atoms with Gasteiger partial charge in [-0.3, -0.25) is 4.90 Å². The Bertz CT molecular complexity index is 260. The van der Waals surface area contributed by atoms with Gasteiger partial charge in [0.05, 0.1) is 6.61 Å². The van der Waals surface area contributed by atoms with Gasteiger partial charge in [0.25, 0.3) is 0 Å². The van der Waals surface area contributed by atoms with E-state index in [4.69, 9.17) is 0 Å². The van der Waals surface area contributed by atoms with Crippen molar-refractivity contribution in [3.05, 3.63) is 0 Å². The van der Waals surface area contributed by atoms with E-state index >= 15 is 0 Å². The van der Waals surface area contributed by atoms with Crippen LogP contribution in [0.25, 0.3) is 0 Å². The van der Waals surface area contributed by atoms with Crippen molar-refractivity contribution < 1.29 is 5.11 Å². The second-order valence-electron chi connectivity index (χ2n) is 6.80. The Labute approximate surface area is 125 Å². The van der Waals surface area contributed by atoms with Gasteiger partial charge < -0.3 is 15.3 Å². The second kappa shape index (κ2) is 8.98. The molecule has 1 rings (SSSR count). The van der Waals surface area contributed by atoms with Gasteiger partial charge in [0.2, 0.25) is 0 Å². The summed E-state index contributed by atoms with van der Waals surface area (Å²) in [5, 5.41) is 12.9. The molecule has 1 saturated heterocycles. The SMILES string of the molecule is CCNC(C)(CO)CCCCN1CCCC1CN(C)C. The monoisotopic (exact) mass is 285 g/mol. The van der Waals surface area contributed by atoms with Crippen LogP contribution in [0.15, 0.2) is 0 Å². The molecule has 1 aliphatic heterocycles. The number of hydrogen-bond acceptors (Lipinski definition) is 4. The largest absolute Gasteiger partial charge is 0.394 e. The van der Waals surface area contributed by atoms with Gasteiger partial charge in [-0.05, 0) is 66.3 Å². The van der Waals surface area contributed by atoms with Crippen LogP contribution in [0.4, 0.5) is 0 Å². The van der Waals surface area contributed by atoms with Crippen LogP contribution in [0.2, 0.25) is 0 Å². The number of unbranched alkanes of at least 4 members (excludes halogenated alkanes) is 1. The fourth-order valence-electron chi connectivity index (χ4n) is 3.30. The van der Waals surface area contributed by atoms with Crippen molar-refractivity contribution in [2.75, 3.05) is 46.9 Å². The number of aliphatic hydroxyl groups excluding tert-OH is 1. The topological polar surface area (TPSA) is 38.7 Å². The average Bonchev–Trinajstić information content (AvgIpc) is 2.82. The average molecular weight is 285 g/mol. The van der Waals surface area contributed by atoms with Crippen molar-refractivity contribution in [2.45, 2.75) is 57.5 Å². The van der Waals surface area contributed by atoms with E-state index in [0.717, 1.165) is 19.0 Å². The first-order valence-corrected chi connectivity index (χ1v) is 8.25. The summed E-state index contributed by atoms with van der Waals surface area (Å²) in [6.07, 6.45) is 6.19. The fraction of sp³-hybridized carbons (Fsp3) is 1.00. The highest BCUT2D eigenvalue weighted by atomic mass is 16.3. The molecule has 1 fully saturated rings. The summed E-state index contributed by atoms with van der Waals surface area (Å²) in [7, 11) is 4.33.